The Balaban J connectivity index is 2.40. The van der Waals surface area contributed by atoms with E-state index in [9.17, 15) is 14.7 Å². The summed E-state index contributed by atoms with van der Waals surface area (Å²) in [6.45, 7) is 6.78. The number of aliphatic hydroxyl groups excluding tert-OH is 1. The average molecular weight is 302 g/mol. The molecular formula is C14H26N2O5. The maximum atomic E-state index is 11.6. The van der Waals surface area contributed by atoms with Crippen LogP contribution in [-0.4, -0.2) is 66.6 Å². The van der Waals surface area contributed by atoms with E-state index in [1.165, 1.54) is 7.11 Å². The quantitative estimate of drug-likeness (QED) is 0.719. The summed E-state index contributed by atoms with van der Waals surface area (Å²) >= 11 is 0. The molecule has 0 spiro atoms. The topological polar surface area (TPSA) is 88.1 Å². The maximum Gasteiger partial charge on any atom is 0.407 e. The van der Waals surface area contributed by atoms with Crippen LogP contribution < -0.4 is 5.32 Å². The second kappa shape index (κ2) is 7.61. The fourth-order valence-electron chi connectivity index (χ4n) is 2.30. The highest BCUT2D eigenvalue weighted by atomic mass is 16.6. The van der Waals surface area contributed by atoms with Crippen LogP contribution in [0.4, 0.5) is 4.79 Å². The first-order chi connectivity index (χ1) is 9.71. The van der Waals surface area contributed by atoms with Gasteiger partial charge in [-0.15, -0.1) is 0 Å². The van der Waals surface area contributed by atoms with E-state index in [4.69, 9.17) is 4.74 Å². The average Bonchev–Trinajstić information content (AvgIpc) is 2.72. The predicted octanol–water partition coefficient (Wildman–Crippen LogP) is 0.509. The van der Waals surface area contributed by atoms with Crippen molar-refractivity contribution in [2.45, 2.75) is 51.4 Å². The third kappa shape index (κ3) is 6.77. The molecule has 1 heterocycles. The number of amides is 1. The maximum absolute atomic E-state index is 11.6. The van der Waals surface area contributed by atoms with Gasteiger partial charge in [0.2, 0.25) is 0 Å². The molecule has 2 N–H and O–H groups in total. The summed E-state index contributed by atoms with van der Waals surface area (Å²) in [7, 11) is 1.35. The Kier molecular flexibility index (Phi) is 6.42. The van der Waals surface area contributed by atoms with Gasteiger partial charge in [0, 0.05) is 25.7 Å². The molecule has 7 heteroatoms. The van der Waals surface area contributed by atoms with E-state index in [1.54, 1.807) is 20.8 Å². The molecule has 0 radical (unpaired) electrons. The van der Waals surface area contributed by atoms with Gasteiger partial charge in [0.05, 0.1) is 19.6 Å². The van der Waals surface area contributed by atoms with Gasteiger partial charge in [0.25, 0.3) is 0 Å². The zero-order chi connectivity index (χ0) is 16.0. The Morgan fingerprint density at radius 2 is 2.05 bits per heavy atom. The Labute approximate surface area is 125 Å². The third-order valence-corrected chi connectivity index (χ3v) is 3.22. The smallest absolute Gasteiger partial charge is 0.407 e. The number of likely N-dealkylation sites (tertiary alicyclic amines) is 1. The fourth-order valence-corrected chi connectivity index (χ4v) is 2.30. The van der Waals surface area contributed by atoms with Gasteiger partial charge in [0.1, 0.15) is 5.60 Å². The number of hydrogen-bond donors (Lipinski definition) is 2. The lowest BCUT2D eigenvalue weighted by Crippen LogP contribution is -2.42. The number of carbonyl (C=O) groups is 2. The molecular weight excluding hydrogens is 276 g/mol. The largest absolute Gasteiger partial charge is 0.469 e. The minimum Gasteiger partial charge on any atom is -0.469 e. The molecule has 7 nitrogen and oxygen atoms in total. The monoisotopic (exact) mass is 302 g/mol. The van der Waals surface area contributed by atoms with Crippen molar-refractivity contribution >= 4 is 12.1 Å². The first-order valence-electron chi connectivity index (χ1n) is 7.17. The van der Waals surface area contributed by atoms with Crippen molar-refractivity contribution in [2.24, 2.45) is 0 Å². The molecule has 0 aromatic carbocycles. The number of methoxy groups -OCH3 is 1. The van der Waals surface area contributed by atoms with Crippen molar-refractivity contribution in [1.82, 2.24) is 10.2 Å². The lowest BCUT2D eigenvalue weighted by molar-refractivity contribution is -0.141. The van der Waals surface area contributed by atoms with Crippen LogP contribution in [0, 0.1) is 0 Å². The minimum absolute atomic E-state index is 0.00262. The first kappa shape index (κ1) is 17.7. The second-order valence-electron chi connectivity index (χ2n) is 6.25. The molecule has 21 heavy (non-hydrogen) atoms. The normalized spacial score (nSPS) is 22.9. The van der Waals surface area contributed by atoms with Gasteiger partial charge >= 0.3 is 12.1 Å². The lowest BCUT2D eigenvalue weighted by atomic mass is 10.2. The molecule has 1 aliphatic rings. The number of alkyl carbamates (subject to hydrolysis) is 1. The van der Waals surface area contributed by atoms with Gasteiger partial charge in [0.15, 0.2) is 0 Å². The van der Waals surface area contributed by atoms with Crippen LogP contribution in [0.3, 0.4) is 0 Å². The van der Waals surface area contributed by atoms with Crippen molar-refractivity contribution in [3.63, 3.8) is 0 Å². The Morgan fingerprint density at radius 3 is 2.62 bits per heavy atom. The predicted molar refractivity (Wildman–Crippen MR) is 76.9 cm³/mol. The summed E-state index contributed by atoms with van der Waals surface area (Å²) in [6.07, 6.45) is -0.0757. The van der Waals surface area contributed by atoms with Crippen LogP contribution in [0.15, 0.2) is 0 Å². The Bertz CT molecular complexity index is 367. The number of nitrogens with one attached hydrogen (secondary N) is 1. The number of hydrogen-bond acceptors (Lipinski definition) is 6. The summed E-state index contributed by atoms with van der Waals surface area (Å²) in [4.78, 5) is 24.8. The van der Waals surface area contributed by atoms with Gasteiger partial charge < -0.3 is 19.9 Å². The van der Waals surface area contributed by atoms with Crippen LogP contribution in [0.5, 0.6) is 0 Å². The lowest BCUT2D eigenvalue weighted by Gasteiger charge is -2.25. The van der Waals surface area contributed by atoms with Crippen molar-refractivity contribution in [2.75, 3.05) is 26.7 Å². The summed E-state index contributed by atoms with van der Waals surface area (Å²) in [5.74, 6) is -0.282. The molecule has 122 valence electrons. The van der Waals surface area contributed by atoms with Crippen LogP contribution >= 0.6 is 0 Å². The molecule has 1 rings (SSSR count). The van der Waals surface area contributed by atoms with Gasteiger partial charge in [-0.1, -0.05) is 0 Å². The van der Waals surface area contributed by atoms with E-state index in [0.29, 0.717) is 26.1 Å². The van der Waals surface area contributed by atoms with Crippen molar-refractivity contribution in [3.05, 3.63) is 0 Å². The van der Waals surface area contributed by atoms with Gasteiger partial charge in [-0.25, -0.2) is 4.79 Å². The number of ether oxygens (including phenoxy) is 2. The summed E-state index contributed by atoms with van der Waals surface area (Å²) in [5.41, 5.74) is -0.538. The van der Waals surface area contributed by atoms with Crippen molar-refractivity contribution in [3.8, 4) is 0 Å². The van der Waals surface area contributed by atoms with E-state index in [1.807, 2.05) is 4.90 Å². The number of esters is 1. The summed E-state index contributed by atoms with van der Waals surface area (Å²) in [6, 6.07) is -0.00262. The first-order valence-corrected chi connectivity index (χ1v) is 7.17. The van der Waals surface area contributed by atoms with Crippen LogP contribution in [0.2, 0.25) is 0 Å². The van der Waals surface area contributed by atoms with Crippen LogP contribution in [0.25, 0.3) is 0 Å². The molecule has 0 saturated carbocycles. The van der Waals surface area contributed by atoms with E-state index in [0.717, 1.165) is 0 Å². The fraction of sp³-hybridized carbons (Fsp3) is 0.857. The summed E-state index contributed by atoms with van der Waals surface area (Å²) in [5, 5.41) is 12.4. The molecule has 1 amide bonds. The van der Waals surface area contributed by atoms with E-state index in [-0.39, 0.29) is 18.4 Å². The molecule has 0 aromatic rings. The van der Waals surface area contributed by atoms with Crippen molar-refractivity contribution < 1.29 is 24.2 Å². The van der Waals surface area contributed by atoms with Crippen LogP contribution in [-0.2, 0) is 14.3 Å². The molecule has 1 fully saturated rings. The SMILES string of the molecule is COC(=O)CCN1C[C@H](O)C[C@@H]1CNC(=O)OC(C)(C)C. The van der Waals surface area contributed by atoms with Gasteiger partial charge in [-0.3, -0.25) is 9.69 Å². The number of nitrogens with zero attached hydrogens (tertiary/aromatic N) is 1. The highest BCUT2D eigenvalue weighted by Crippen LogP contribution is 2.18. The molecule has 0 bridgehead atoms. The second-order valence-corrected chi connectivity index (χ2v) is 6.25. The number of β-amino-alcohol motifs (C(OH)–C–C–N with tert-alkyl or cyclic N) is 1. The molecule has 0 unspecified atom stereocenters. The zero-order valence-electron chi connectivity index (χ0n) is 13.2. The third-order valence-electron chi connectivity index (χ3n) is 3.22. The number of rotatable bonds is 5. The highest BCUT2D eigenvalue weighted by molar-refractivity contribution is 5.69. The van der Waals surface area contributed by atoms with Crippen molar-refractivity contribution in [1.29, 1.82) is 0 Å². The zero-order valence-corrected chi connectivity index (χ0v) is 13.2. The van der Waals surface area contributed by atoms with Crippen LogP contribution in [0.1, 0.15) is 33.6 Å². The minimum atomic E-state index is -0.538. The van der Waals surface area contributed by atoms with E-state index < -0.39 is 17.8 Å². The number of aliphatic hydroxyl groups is 1. The molecule has 0 aromatic heterocycles. The number of carbonyl (C=O) groups excluding carboxylic acids is 2. The van der Waals surface area contributed by atoms with Gasteiger partial charge in [-0.05, 0) is 27.2 Å². The van der Waals surface area contributed by atoms with Gasteiger partial charge in [-0.2, -0.15) is 0 Å². The summed E-state index contributed by atoms with van der Waals surface area (Å²) < 4.78 is 9.78. The van der Waals surface area contributed by atoms with E-state index >= 15 is 0 Å². The standard InChI is InChI=1S/C14H26N2O5/c1-14(2,3)21-13(19)15-8-10-7-11(17)9-16(10)6-5-12(18)20-4/h10-11,17H,5-9H2,1-4H3,(H,15,19)/t10-,11-/m1/s1. The highest BCUT2D eigenvalue weighted by Gasteiger charge is 2.31. The molecule has 2 atom stereocenters. The Hall–Kier alpha value is -1.34. The molecule has 0 aliphatic carbocycles. The van der Waals surface area contributed by atoms with E-state index in [2.05, 4.69) is 10.1 Å². The Morgan fingerprint density at radius 1 is 1.38 bits per heavy atom. The molecule has 1 saturated heterocycles. The molecule has 1 aliphatic heterocycles.